The molecule has 10 heteroatoms. The Hall–Kier alpha value is -1.68. The second-order valence-corrected chi connectivity index (χ2v) is 11.8. The third-order valence-corrected chi connectivity index (χ3v) is 9.30. The molecule has 8 atom stereocenters. The number of alkyl halides is 1. The van der Waals surface area contributed by atoms with E-state index >= 15 is 0 Å². The van der Waals surface area contributed by atoms with Gasteiger partial charge in [0, 0.05) is 11.4 Å². The van der Waals surface area contributed by atoms with Crippen LogP contribution in [-0.4, -0.2) is 69.5 Å². The summed E-state index contributed by atoms with van der Waals surface area (Å²) < 4.78 is 6.50. The molecule has 3 aliphatic rings. The number of para-hydroxylation sites is 1. The van der Waals surface area contributed by atoms with E-state index in [0.29, 0.717) is 30.1 Å². The molecule has 3 N–H and O–H groups in total. The molecule has 8 nitrogen and oxygen atoms in total. The zero-order valence-electron chi connectivity index (χ0n) is 21.1. The summed E-state index contributed by atoms with van der Waals surface area (Å²) in [6.07, 6.45) is 1.35. The first-order valence-electron chi connectivity index (χ1n) is 12.7. The van der Waals surface area contributed by atoms with Crippen LogP contribution in [0.4, 0.5) is 5.69 Å². The Kier molecular flexibility index (Phi) is 8.05. The number of aliphatic hydroxyl groups is 1. The van der Waals surface area contributed by atoms with E-state index in [4.69, 9.17) is 16.3 Å². The van der Waals surface area contributed by atoms with Crippen molar-refractivity contribution in [2.75, 3.05) is 18.5 Å². The molecule has 1 aromatic rings. The van der Waals surface area contributed by atoms with Crippen LogP contribution in [0.25, 0.3) is 0 Å². The van der Waals surface area contributed by atoms with Gasteiger partial charge in [0.2, 0.25) is 17.7 Å². The molecule has 0 saturated carbocycles. The van der Waals surface area contributed by atoms with Crippen molar-refractivity contribution in [2.24, 2.45) is 17.8 Å². The number of nitrogens with zero attached hydrogens (tertiary/aromatic N) is 1. The number of carbonyl (C=O) groups excluding carboxylic acids is 3. The van der Waals surface area contributed by atoms with E-state index in [2.05, 4.69) is 26.6 Å². The fourth-order valence-corrected chi connectivity index (χ4v) is 7.40. The minimum atomic E-state index is -1.19. The van der Waals surface area contributed by atoms with Crippen molar-refractivity contribution in [3.8, 4) is 0 Å². The zero-order valence-corrected chi connectivity index (χ0v) is 23.4. The van der Waals surface area contributed by atoms with Crippen molar-refractivity contribution in [1.82, 2.24) is 10.2 Å². The summed E-state index contributed by atoms with van der Waals surface area (Å²) in [6.45, 7) is 7.93. The predicted molar refractivity (Wildman–Crippen MR) is 141 cm³/mol. The van der Waals surface area contributed by atoms with Gasteiger partial charge in [0.05, 0.1) is 41.3 Å². The summed E-state index contributed by atoms with van der Waals surface area (Å²) in [5, 5.41) is 16.6. The Balaban J connectivity index is 1.80. The number of aryl methyl sites for hydroxylation is 1. The van der Waals surface area contributed by atoms with Crippen molar-refractivity contribution in [3.63, 3.8) is 0 Å². The van der Waals surface area contributed by atoms with Crippen LogP contribution in [-0.2, 0) is 19.1 Å². The van der Waals surface area contributed by atoms with Crippen molar-refractivity contribution in [1.29, 1.82) is 0 Å². The summed E-state index contributed by atoms with van der Waals surface area (Å²) in [5.41, 5.74) is 0.0680. The van der Waals surface area contributed by atoms with Gasteiger partial charge in [0.15, 0.2) is 0 Å². The highest BCUT2D eigenvalue weighted by Crippen LogP contribution is 2.60. The first kappa shape index (κ1) is 27.4. The number of ether oxygens (including phenoxy) is 1. The molecule has 3 aliphatic heterocycles. The lowest BCUT2D eigenvalue weighted by molar-refractivity contribution is -0.145. The van der Waals surface area contributed by atoms with E-state index in [1.165, 1.54) is 4.90 Å². The highest BCUT2D eigenvalue weighted by molar-refractivity contribution is 9.09. The number of amides is 3. The van der Waals surface area contributed by atoms with E-state index in [1.807, 2.05) is 33.8 Å². The molecule has 3 amide bonds. The number of likely N-dealkylation sites (tertiary alicyclic amines) is 1. The molecule has 3 saturated heterocycles. The molecule has 36 heavy (non-hydrogen) atoms. The van der Waals surface area contributed by atoms with Gasteiger partial charge in [-0.25, -0.2) is 0 Å². The second-order valence-electron chi connectivity index (χ2n) is 10.3. The van der Waals surface area contributed by atoms with Crippen molar-refractivity contribution >= 4 is 50.9 Å². The number of anilines is 1. The van der Waals surface area contributed by atoms with E-state index in [-0.39, 0.29) is 29.2 Å². The summed E-state index contributed by atoms with van der Waals surface area (Å²) in [5.74, 6) is -2.59. The lowest BCUT2D eigenvalue weighted by atomic mass is 9.70. The van der Waals surface area contributed by atoms with Gasteiger partial charge in [-0.05, 0) is 37.3 Å². The van der Waals surface area contributed by atoms with Crippen LogP contribution >= 0.6 is 27.5 Å². The molecule has 3 fully saturated rings. The van der Waals surface area contributed by atoms with Gasteiger partial charge in [0.25, 0.3) is 0 Å². The lowest BCUT2D eigenvalue weighted by Crippen LogP contribution is -2.57. The molecule has 0 aliphatic carbocycles. The van der Waals surface area contributed by atoms with Crippen LogP contribution in [0.1, 0.15) is 45.6 Å². The predicted octanol–water partition coefficient (Wildman–Crippen LogP) is 3.27. The standard InChI is InChI=1S/C26H35BrClN3O5/c1-5-10-29-23(33)18-19-25(35)31(17(12-32)13(3)6-2)22(26(19)11-15(27)21(18)36-26)24(34)30-20-14(4)8-7-9-16(20)28/h7-9,13,15,17-19,21-22,32H,5-6,10-12H2,1-4H3,(H,29,33)(H,30,34)/t13-,15?,17-,18+,19-,21+,22?,26?/m0/s1. The third kappa shape index (κ3) is 4.25. The highest BCUT2D eigenvalue weighted by Gasteiger charge is 2.77. The number of hydrogen-bond acceptors (Lipinski definition) is 5. The van der Waals surface area contributed by atoms with E-state index in [1.54, 1.807) is 12.1 Å². The highest BCUT2D eigenvalue weighted by atomic mass is 79.9. The SMILES string of the molecule is CCCNC(=O)[C@H]1[C@@H]2OC3(CC2Br)C(C(=O)Nc2c(C)cccc2Cl)N([C@@H](CO)[C@@H](C)CC)C(=O)[C@H]13. The molecule has 3 heterocycles. The van der Waals surface area contributed by atoms with Crippen LogP contribution in [0.5, 0.6) is 0 Å². The van der Waals surface area contributed by atoms with Crippen molar-refractivity contribution in [3.05, 3.63) is 28.8 Å². The Bertz CT molecular complexity index is 1020. The average molecular weight is 585 g/mol. The zero-order chi connectivity index (χ0) is 26.4. The largest absolute Gasteiger partial charge is 0.394 e. The van der Waals surface area contributed by atoms with E-state index in [9.17, 15) is 19.5 Å². The maximum atomic E-state index is 14.1. The van der Waals surface area contributed by atoms with Crippen LogP contribution in [0.2, 0.25) is 5.02 Å². The monoisotopic (exact) mass is 583 g/mol. The maximum Gasteiger partial charge on any atom is 0.250 e. The number of carbonyl (C=O) groups is 3. The number of hydrogen-bond donors (Lipinski definition) is 3. The fraction of sp³-hybridized carbons (Fsp3) is 0.654. The molecular weight excluding hydrogens is 550 g/mol. The number of aliphatic hydroxyl groups excluding tert-OH is 1. The van der Waals surface area contributed by atoms with Crippen LogP contribution in [0.15, 0.2) is 18.2 Å². The molecule has 0 radical (unpaired) electrons. The minimum absolute atomic E-state index is 0.0733. The molecule has 3 unspecified atom stereocenters. The first-order chi connectivity index (χ1) is 17.1. The quantitative estimate of drug-likeness (QED) is 0.386. The van der Waals surface area contributed by atoms with Gasteiger partial charge < -0.3 is 25.4 Å². The van der Waals surface area contributed by atoms with E-state index in [0.717, 1.165) is 12.0 Å². The Labute approximate surface area is 225 Å². The van der Waals surface area contributed by atoms with Gasteiger partial charge >= 0.3 is 0 Å². The molecule has 198 valence electrons. The van der Waals surface area contributed by atoms with Gasteiger partial charge in [-0.15, -0.1) is 0 Å². The van der Waals surface area contributed by atoms with Crippen molar-refractivity contribution < 1.29 is 24.2 Å². The Morgan fingerprint density at radius 3 is 2.67 bits per heavy atom. The number of rotatable bonds is 9. The van der Waals surface area contributed by atoms with Gasteiger partial charge in [-0.2, -0.15) is 0 Å². The molecule has 1 spiro atoms. The Morgan fingerprint density at radius 2 is 2.06 bits per heavy atom. The molecule has 1 aromatic carbocycles. The third-order valence-electron chi connectivity index (χ3n) is 8.14. The first-order valence-corrected chi connectivity index (χ1v) is 14.0. The number of halogens is 2. The summed E-state index contributed by atoms with van der Waals surface area (Å²) in [4.78, 5) is 42.7. The van der Waals surface area contributed by atoms with Gasteiger partial charge in [-0.3, -0.25) is 14.4 Å². The minimum Gasteiger partial charge on any atom is -0.394 e. The Morgan fingerprint density at radius 1 is 1.33 bits per heavy atom. The molecule has 2 bridgehead atoms. The average Bonchev–Trinajstić information content (AvgIpc) is 3.44. The van der Waals surface area contributed by atoms with E-state index < -0.39 is 41.5 Å². The lowest BCUT2D eigenvalue weighted by Gasteiger charge is -2.39. The summed E-state index contributed by atoms with van der Waals surface area (Å²) in [7, 11) is 0. The topological polar surface area (TPSA) is 108 Å². The van der Waals surface area contributed by atoms with Gasteiger partial charge in [-0.1, -0.05) is 66.9 Å². The van der Waals surface area contributed by atoms with Crippen molar-refractivity contribution in [2.45, 2.75) is 75.6 Å². The number of fused-ring (bicyclic) bond motifs is 1. The van der Waals surface area contributed by atoms with Crippen LogP contribution in [0, 0.1) is 24.7 Å². The molecular formula is C26H35BrClN3O5. The normalized spacial score (nSPS) is 32.4. The smallest absolute Gasteiger partial charge is 0.250 e. The fourth-order valence-electron chi connectivity index (χ4n) is 6.19. The summed E-state index contributed by atoms with van der Waals surface area (Å²) >= 11 is 10.1. The number of benzene rings is 1. The molecule has 4 rings (SSSR count). The second kappa shape index (κ2) is 10.6. The summed E-state index contributed by atoms with van der Waals surface area (Å²) in [6, 6.07) is 3.72. The van der Waals surface area contributed by atoms with Gasteiger partial charge in [0.1, 0.15) is 11.6 Å². The van der Waals surface area contributed by atoms with Crippen LogP contribution in [0.3, 0.4) is 0 Å². The number of nitrogens with one attached hydrogen (secondary N) is 2. The molecule has 0 aromatic heterocycles. The maximum absolute atomic E-state index is 14.1. The van der Waals surface area contributed by atoms with Crippen LogP contribution < -0.4 is 10.6 Å².